The number of carbonyl (C=O) groups is 4. The predicted octanol–water partition coefficient (Wildman–Crippen LogP) is 2.37. The van der Waals surface area contributed by atoms with Crippen molar-refractivity contribution >= 4 is 29.6 Å². The highest BCUT2D eigenvalue weighted by atomic mass is 16.6. The highest BCUT2D eigenvalue weighted by molar-refractivity contribution is 6.00. The molecule has 1 saturated heterocycles. The van der Waals surface area contributed by atoms with E-state index < -0.39 is 30.0 Å². The summed E-state index contributed by atoms with van der Waals surface area (Å²) in [5, 5.41) is 1.94. The molecule has 1 aromatic carbocycles. The summed E-state index contributed by atoms with van der Waals surface area (Å²) in [6.45, 7) is 5.71. The third-order valence-corrected chi connectivity index (χ3v) is 4.90. The molecule has 152 valence electrons. The highest BCUT2D eigenvalue weighted by Gasteiger charge is 2.38. The Hall–Kier alpha value is -2.90. The van der Waals surface area contributed by atoms with Crippen molar-refractivity contribution in [3.63, 3.8) is 0 Å². The number of rotatable bonds is 6. The zero-order chi connectivity index (χ0) is 20.8. The summed E-state index contributed by atoms with van der Waals surface area (Å²) in [5.41, 5.74) is 1.85. The third-order valence-electron chi connectivity index (χ3n) is 4.90. The molecule has 1 fully saturated rings. The van der Waals surface area contributed by atoms with E-state index in [0.29, 0.717) is 0 Å². The van der Waals surface area contributed by atoms with E-state index in [1.165, 1.54) is 6.92 Å². The number of benzene rings is 1. The molecule has 8 heteroatoms. The second kappa shape index (κ2) is 9.34. The maximum atomic E-state index is 12.5. The molecule has 3 amide bonds. The lowest BCUT2D eigenvalue weighted by atomic mass is 9.96. The van der Waals surface area contributed by atoms with Gasteiger partial charge in [-0.05, 0) is 30.9 Å². The van der Waals surface area contributed by atoms with E-state index in [0.717, 1.165) is 24.8 Å². The number of methoxy groups -OCH3 is 1. The maximum absolute atomic E-state index is 12.5. The Kier molecular flexibility index (Phi) is 7.14. The van der Waals surface area contributed by atoms with Gasteiger partial charge in [0.1, 0.15) is 0 Å². The summed E-state index contributed by atoms with van der Waals surface area (Å²) in [4.78, 5) is 49.4. The van der Waals surface area contributed by atoms with Crippen LogP contribution in [0.1, 0.15) is 45.1 Å². The van der Waals surface area contributed by atoms with Crippen LogP contribution in [0.4, 0.5) is 10.5 Å². The van der Waals surface area contributed by atoms with Crippen LogP contribution in [-0.4, -0.2) is 43.6 Å². The van der Waals surface area contributed by atoms with E-state index in [4.69, 9.17) is 4.74 Å². The van der Waals surface area contributed by atoms with Gasteiger partial charge in [0.2, 0.25) is 5.91 Å². The van der Waals surface area contributed by atoms with Gasteiger partial charge in [0.15, 0.2) is 6.10 Å². The van der Waals surface area contributed by atoms with Crippen LogP contribution in [0.15, 0.2) is 24.3 Å². The molecule has 0 radical (unpaired) electrons. The Morgan fingerprint density at radius 3 is 2.57 bits per heavy atom. The Bertz CT molecular complexity index is 763. The van der Waals surface area contributed by atoms with E-state index in [9.17, 15) is 19.2 Å². The second-order valence-corrected chi connectivity index (χ2v) is 6.83. The molecule has 8 nitrogen and oxygen atoms in total. The standard InChI is InChI=1S/C20H26N2O6/c1-5-12(2)15-8-6-7-9-16(15)22-11-14(10-17(22)23)19(25)28-13(3)18(24)21-20(26)27-4/h6-9,12-14H,5,10-11H2,1-4H3,(H,21,24,26)/t12-,13-,14-/m0/s1. The first-order chi connectivity index (χ1) is 13.3. The largest absolute Gasteiger partial charge is 0.453 e. The number of ether oxygens (including phenoxy) is 2. The van der Waals surface area contributed by atoms with Crippen molar-refractivity contribution in [3.8, 4) is 0 Å². The van der Waals surface area contributed by atoms with E-state index in [-0.39, 0.29) is 24.8 Å². The molecule has 0 aliphatic carbocycles. The zero-order valence-electron chi connectivity index (χ0n) is 16.6. The molecule has 0 saturated carbocycles. The van der Waals surface area contributed by atoms with Crippen molar-refractivity contribution in [2.24, 2.45) is 5.92 Å². The lowest BCUT2D eigenvalue weighted by Crippen LogP contribution is -2.40. The number of imide groups is 1. The molecule has 0 aromatic heterocycles. The number of alkyl carbamates (subject to hydrolysis) is 1. The number of para-hydroxylation sites is 1. The third kappa shape index (κ3) is 4.88. The topological polar surface area (TPSA) is 102 Å². The summed E-state index contributed by atoms with van der Waals surface area (Å²) >= 11 is 0. The molecule has 0 unspecified atom stereocenters. The van der Waals surface area contributed by atoms with Crippen molar-refractivity contribution in [3.05, 3.63) is 29.8 Å². The number of nitrogens with one attached hydrogen (secondary N) is 1. The van der Waals surface area contributed by atoms with E-state index in [2.05, 4.69) is 18.6 Å². The van der Waals surface area contributed by atoms with Crippen molar-refractivity contribution in [1.82, 2.24) is 5.32 Å². The molecular formula is C20H26N2O6. The molecule has 1 aliphatic rings. The van der Waals surface area contributed by atoms with Crippen LogP contribution in [0.25, 0.3) is 0 Å². The number of hydrogen-bond acceptors (Lipinski definition) is 6. The molecule has 28 heavy (non-hydrogen) atoms. The van der Waals surface area contributed by atoms with Gasteiger partial charge >= 0.3 is 12.1 Å². The van der Waals surface area contributed by atoms with Crippen molar-refractivity contribution < 1.29 is 28.7 Å². The van der Waals surface area contributed by atoms with Crippen LogP contribution in [0.5, 0.6) is 0 Å². The Labute approximate surface area is 164 Å². The second-order valence-electron chi connectivity index (χ2n) is 6.83. The van der Waals surface area contributed by atoms with Crippen LogP contribution in [0, 0.1) is 5.92 Å². The Morgan fingerprint density at radius 1 is 1.25 bits per heavy atom. The number of anilines is 1. The van der Waals surface area contributed by atoms with E-state index in [1.54, 1.807) is 4.90 Å². The number of esters is 1. The lowest BCUT2D eigenvalue weighted by Gasteiger charge is -2.23. The summed E-state index contributed by atoms with van der Waals surface area (Å²) in [5.74, 6) is -2.00. The lowest BCUT2D eigenvalue weighted by molar-refractivity contribution is -0.158. The fraction of sp³-hybridized carbons (Fsp3) is 0.500. The number of carbonyl (C=O) groups excluding carboxylic acids is 4. The molecule has 1 heterocycles. The summed E-state index contributed by atoms with van der Waals surface area (Å²) < 4.78 is 9.47. The summed E-state index contributed by atoms with van der Waals surface area (Å²) in [6.07, 6.45) is -1.17. The molecule has 3 atom stereocenters. The Morgan fingerprint density at radius 2 is 1.93 bits per heavy atom. The van der Waals surface area contributed by atoms with E-state index >= 15 is 0 Å². The molecule has 0 bridgehead atoms. The fourth-order valence-corrected chi connectivity index (χ4v) is 3.05. The molecule has 2 rings (SSSR count). The van der Waals surface area contributed by atoms with Gasteiger partial charge in [0, 0.05) is 18.7 Å². The number of nitrogens with zero attached hydrogens (tertiary/aromatic N) is 1. The van der Waals surface area contributed by atoms with Crippen molar-refractivity contribution in [1.29, 1.82) is 0 Å². The van der Waals surface area contributed by atoms with Crippen molar-refractivity contribution in [2.75, 3.05) is 18.6 Å². The smallest absolute Gasteiger partial charge is 0.413 e. The molecule has 1 aromatic rings. The van der Waals surface area contributed by atoms with Gasteiger partial charge < -0.3 is 14.4 Å². The van der Waals surface area contributed by atoms with Gasteiger partial charge in [-0.25, -0.2) is 4.79 Å². The zero-order valence-corrected chi connectivity index (χ0v) is 16.6. The van der Waals surface area contributed by atoms with Crippen LogP contribution < -0.4 is 10.2 Å². The first-order valence-corrected chi connectivity index (χ1v) is 9.27. The minimum atomic E-state index is -1.18. The van der Waals surface area contributed by atoms with Gasteiger partial charge in [0.05, 0.1) is 13.0 Å². The monoisotopic (exact) mass is 390 g/mol. The molecular weight excluding hydrogens is 364 g/mol. The molecule has 1 aliphatic heterocycles. The van der Waals surface area contributed by atoms with Gasteiger partial charge in [-0.3, -0.25) is 19.7 Å². The summed E-state index contributed by atoms with van der Waals surface area (Å²) in [6, 6.07) is 7.65. The predicted molar refractivity (Wildman–Crippen MR) is 102 cm³/mol. The van der Waals surface area contributed by atoms with Gasteiger partial charge in [0.25, 0.3) is 5.91 Å². The van der Waals surface area contributed by atoms with Crippen LogP contribution in [0.2, 0.25) is 0 Å². The van der Waals surface area contributed by atoms with Gasteiger partial charge in [-0.2, -0.15) is 0 Å². The first kappa shape index (κ1) is 21.4. The average molecular weight is 390 g/mol. The SMILES string of the molecule is CC[C@H](C)c1ccccc1N1C[C@@H](C(=O)O[C@@H](C)C(=O)NC(=O)OC)CC1=O. The number of amides is 3. The minimum Gasteiger partial charge on any atom is -0.453 e. The van der Waals surface area contributed by atoms with Crippen LogP contribution >= 0.6 is 0 Å². The van der Waals surface area contributed by atoms with Crippen LogP contribution in [0.3, 0.4) is 0 Å². The van der Waals surface area contributed by atoms with Crippen LogP contribution in [-0.2, 0) is 23.9 Å². The highest BCUT2D eigenvalue weighted by Crippen LogP contribution is 2.33. The van der Waals surface area contributed by atoms with E-state index in [1.807, 2.05) is 29.6 Å². The quantitative estimate of drug-likeness (QED) is 0.748. The first-order valence-electron chi connectivity index (χ1n) is 9.27. The Balaban J connectivity index is 2.06. The average Bonchev–Trinajstić information content (AvgIpc) is 3.08. The fourth-order valence-electron chi connectivity index (χ4n) is 3.05. The van der Waals surface area contributed by atoms with Gasteiger partial charge in [-0.1, -0.05) is 32.0 Å². The maximum Gasteiger partial charge on any atom is 0.413 e. The number of hydrogen-bond donors (Lipinski definition) is 1. The normalized spacial score (nSPS) is 18.4. The van der Waals surface area contributed by atoms with Gasteiger partial charge in [-0.15, -0.1) is 0 Å². The van der Waals surface area contributed by atoms with Crippen molar-refractivity contribution in [2.45, 2.75) is 45.6 Å². The molecule has 0 spiro atoms. The summed E-state index contributed by atoms with van der Waals surface area (Å²) in [7, 11) is 1.12. The minimum absolute atomic E-state index is 0.0129. The molecule has 1 N–H and O–H groups in total.